The van der Waals surface area contributed by atoms with Crippen LogP contribution in [0.15, 0.2) is 18.2 Å². The lowest BCUT2D eigenvalue weighted by atomic mass is 10.0. The third kappa shape index (κ3) is 2.24. The smallest absolute Gasteiger partial charge is 0.254 e. The maximum absolute atomic E-state index is 13.5. The summed E-state index contributed by atoms with van der Waals surface area (Å²) in [4.78, 5) is 11.9. The van der Waals surface area contributed by atoms with Crippen LogP contribution in [0.5, 0.6) is 0 Å². The average Bonchev–Trinajstić information content (AvgIpc) is 3.21. The molecule has 4 heteroatoms. The van der Waals surface area contributed by atoms with Crippen LogP contribution in [0.1, 0.15) is 36.0 Å². The van der Waals surface area contributed by atoms with Crippen molar-refractivity contribution in [3.8, 4) is 0 Å². The molecule has 18 heavy (non-hydrogen) atoms. The molecule has 3 rings (SSSR count). The number of halogens is 2. The van der Waals surface area contributed by atoms with Crippen LogP contribution in [0.3, 0.4) is 0 Å². The molecule has 2 fully saturated rings. The van der Waals surface area contributed by atoms with Gasteiger partial charge in [-0.25, -0.2) is 4.39 Å². The van der Waals surface area contributed by atoms with Gasteiger partial charge < -0.3 is 5.32 Å². The highest BCUT2D eigenvalue weighted by Crippen LogP contribution is 2.60. The number of hydrogen-bond acceptors (Lipinski definition) is 1. The van der Waals surface area contributed by atoms with E-state index in [2.05, 4.69) is 5.32 Å². The summed E-state index contributed by atoms with van der Waals surface area (Å²) in [6.07, 6.45) is 4.94. The number of carbonyl (C=O) groups excluding carboxylic acids is 1. The van der Waals surface area contributed by atoms with Crippen molar-refractivity contribution in [2.45, 2.75) is 25.7 Å². The van der Waals surface area contributed by atoms with Gasteiger partial charge in [0.2, 0.25) is 0 Å². The molecule has 96 valence electrons. The monoisotopic (exact) mass is 267 g/mol. The summed E-state index contributed by atoms with van der Waals surface area (Å²) < 4.78 is 13.5. The van der Waals surface area contributed by atoms with Gasteiger partial charge in [0, 0.05) is 11.6 Å². The highest BCUT2D eigenvalue weighted by molar-refractivity contribution is 6.30. The van der Waals surface area contributed by atoms with E-state index in [4.69, 9.17) is 11.6 Å². The van der Waals surface area contributed by atoms with Gasteiger partial charge in [-0.3, -0.25) is 4.79 Å². The van der Waals surface area contributed by atoms with Gasteiger partial charge in [-0.15, -0.1) is 0 Å². The molecule has 1 aromatic rings. The van der Waals surface area contributed by atoms with E-state index in [-0.39, 0.29) is 11.5 Å². The minimum atomic E-state index is -0.520. The van der Waals surface area contributed by atoms with Crippen molar-refractivity contribution in [3.05, 3.63) is 34.6 Å². The summed E-state index contributed by atoms with van der Waals surface area (Å²) in [7, 11) is 0. The van der Waals surface area contributed by atoms with E-state index >= 15 is 0 Å². The Morgan fingerprint density at radius 1 is 1.44 bits per heavy atom. The van der Waals surface area contributed by atoms with E-state index in [0.29, 0.717) is 17.0 Å². The summed E-state index contributed by atoms with van der Waals surface area (Å²) >= 11 is 5.78. The van der Waals surface area contributed by atoms with Crippen molar-refractivity contribution in [1.29, 1.82) is 0 Å². The predicted octanol–water partition coefficient (Wildman–Crippen LogP) is 3.40. The van der Waals surface area contributed by atoms with Crippen molar-refractivity contribution in [3.63, 3.8) is 0 Å². The number of benzene rings is 1. The van der Waals surface area contributed by atoms with Crippen LogP contribution < -0.4 is 5.32 Å². The standard InChI is InChI=1S/C14H15ClFNO/c15-10-3-4-12(16)11(7-10)13(18)17-8-14(5-6-14)9-1-2-9/h3-4,7,9H,1-2,5-6,8H2,(H,17,18). The van der Waals surface area contributed by atoms with Crippen molar-refractivity contribution in [2.24, 2.45) is 11.3 Å². The molecule has 0 atom stereocenters. The fraction of sp³-hybridized carbons (Fsp3) is 0.500. The number of rotatable bonds is 4. The summed E-state index contributed by atoms with van der Waals surface area (Å²) in [5.74, 6) is -0.0999. The Hall–Kier alpha value is -1.09. The fourth-order valence-corrected chi connectivity index (χ4v) is 2.78. The average molecular weight is 268 g/mol. The van der Waals surface area contributed by atoms with E-state index in [1.807, 2.05) is 0 Å². The SMILES string of the molecule is O=C(NCC1(C2CC2)CC1)c1cc(Cl)ccc1F. The Labute approximate surface area is 111 Å². The summed E-state index contributed by atoms with van der Waals surface area (Å²) in [5.41, 5.74) is 0.360. The Morgan fingerprint density at radius 2 is 2.17 bits per heavy atom. The molecule has 0 radical (unpaired) electrons. The molecule has 0 heterocycles. The topological polar surface area (TPSA) is 29.1 Å². The second-order valence-electron chi connectivity index (χ2n) is 5.44. The molecular formula is C14H15ClFNO. The molecule has 2 aliphatic carbocycles. The lowest BCUT2D eigenvalue weighted by Crippen LogP contribution is -2.31. The lowest BCUT2D eigenvalue weighted by Gasteiger charge is -2.15. The third-order valence-electron chi connectivity index (χ3n) is 4.11. The molecule has 2 saturated carbocycles. The minimum absolute atomic E-state index is 0.0362. The molecule has 1 N–H and O–H groups in total. The Kier molecular flexibility index (Phi) is 2.81. The second-order valence-corrected chi connectivity index (χ2v) is 5.88. The number of carbonyl (C=O) groups is 1. The molecule has 0 saturated heterocycles. The van der Waals surface area contributed by atoms with E-state index in [1.54, 1.807) is 0 Å². The maximum Gasteiger partial charge on any atom is 0.254 e. The first-order chi connectivity index (χ1) is 8.61. The quantitative estimate of drug-likeness (QED) is 0.890. The summed E-state index contributed by atoms with van der Waals surface area (Å²) in [6, 6.07) is 4.05. The highest BCUT2D eigenvalue weighted by Gasteiger charge is 2.53. The van der Waals surface area contributed by atoms with Crippen LogP contribution in [0, 0.1) is 17.2 Å². The largest absolute Gasteiger partial charge is 0.351 e. The Morgan fingerprint density at radius 3 is 2.78 bits per heavy atom. The van der Waals surface area contributed by atoms with Crippen LogP contribution in [0.4, 0.5) is 4.39 Å². The second kappa shape index (κ2) is 4.23. The first kappa shape index (κ1) is 12.0. The predicted molar refractivity (Wildman–Crippen MR) is 68.1 cm³/mol. The fourth-order valence-electron chi connectivity index (χ4n) is 2.61. The van der Waals surface area contributed by atoms with Crippen molar-refractivity contribution < 1.29 is 9.18 Å². The molecular weight excluding hydrogens is 253 g/mol. The number of amides is 1. The van der Waals surface area contributed by atoms with E-state index in [9.17, 15) is 9.18 Å². The molecule has 0 aliphatic heterocycles. The minimum Gasteiger partial charge on any atom is -0.351 e. The van der Waals surface area contributed by atoms with Gasteiger partial charge in [0.05, 0.1) is 5.56 Å². The first-order valence-electron chi connectivity index (χ1n) is 6.34. The van der Waals surface area contributed by atoms with Crippen LogP contribution in [-0.2, 0) is 0 Å². The summed E-state index contributed by atoms with van der Waals surface area (Å²) in [5, 5.41) is 3.23. The van der Waals surface area contributed by atoms with Gasteiger partial charge in [-0.05, 0) is 55.2 Å². The Bertz CT molecular complexity index is 495. The zero-order valence-corrected chi connectivity index (χ0v) is 10.8. The number of nitrogens with one attached hydrogen (secondary N) is 1. The van der Waals surface area contributed by atoms with Gasteiger partial charge in [-0.2, -0.15) is 0 Å². The highest BCUT2D eigenvalue weighted by atomic mass is 35.5. The van der Waals surface area contributed by atoms with Crippen LogP contribution in [0.25, 0.3) is 0 Å². The van der Waals surface area contributed by atoms with Gasteiger partial charge >= 0.3 is 0 Å². The first-order valence-corrected chi connectivity index (χ1v) is 6.72. The van der Waals surface area contributed by atoms with Crippen molar-refractivity contribution in [1.82, 2.24) is 5.32 Å². The zero-order valence-electron chi connectivity index (χ0n) is 10.0. The molecule has 2 aliphatic rings. The summed E-state index contributed by atoms with van der Waals surface area (Å²) in [6.45, 7) is 0.669. The normalized spacial score (nSPS) is 20.6. The van der Waals surface area contributed by atoms with Gasteiger partial charge in [0.1, 0.15) is 5.82 Å². The molecule has 0 spiro atoms. The van der Waals surface area contributed by atoms with Crippen molar-refractivity contribution >= 4 is 17.5 Å². The van der Waals surface area contributed by atoms with Crippen molar-refractivity contribution in [2.75, 3.05) is 6.54 Å². The molecule has 0 unspecified atom stereocenters. The van der Waals surface area contributed by atoms with Gasteiger partial charge in [0.15, 0.2) is 0 Å². The Balaban J connectivity index is 1.65. The van der Waals surface area contributed by atoms with E-state index < -0.39 is 5.82 Å². The molecule has 1 aromatic carbocycles. The molecule has 0 bridgehead atoms. The van der Waals surface area contributed by atoms with Crippen LogP contribution in [-0.4, -0.2) is 12.5 Å². The van der Waals surface area contributed by atoms with Gasteiger partial charge in [-0.1, -0.05) is 11.6 Å². The third-order valence-corrected chi connectivity index (χ3v) is 4.34. The van der Waals surface area contributed by atoms with Gasteiger partial charge in [0.25, 0.3) is 5.91 Å². The number of hydrogen-bond donors (Lipinski definition) is 1. The lowest BCUT2D eigenvalue weighted by molar-refractivity contribution is 0.0938. The maximum atomic E-state index is 13.5. The van der Waals surface area contributed by atoms with Crippen LogP contribution in [0.2, 0.25) is 5.02 Å². The van der Waals surface area contributed by atoms with E-state index in [1.165, 1.54) is 43.9 Å². The van der Waals surface area contributed by atoms with E-state index in [0.717, 1.165) is 5.92 Å². The van der Waals surface area contributed by atoms with Crippen LogP contribution >= 0.6 is 11.6 Å². The molecule has 0 aromatic heterocycles. The molecule has 2 nitrogen and oxygen atoms in total. The zero-order chi connectivity index (χ0) is 12.8. The molecule has 1 amide bonds.